The topological polar surface area (TPSA) is 136 Å². The summed E-state index contributed by atoms with van der Waals surface area (Å²) in [6.45, 7) is 0.880. The van der Waals surface area contributed by atoms with Crippen molar-refractivity contribution in [2.75, 3.05) is 13.7 Å². The highest BCUT2D eigenvalue weighted by atomic mass is 19.1. The molecule has 11 heteroatoms. The number of hydrogen-bond acceptors (Lipinski definition) is 8. The number of aromatic carboxylic acids is 1. The van der Waals surface area contributed by atoms with Gasteiger partial charge in [0.15, 0.2) is 0 Å². The van der Waals surface area contributed by atoms with E-state index in [4.69, 9.17) is 14.7 Å². The van der Waals surface area contributed by atoms with Crippen molar-refractivity contribution in [3.63, 3.8) is 0 Å². The zero-order valence-corrected chi connectivity index (χ0v) is 21.4. The van der Waals surface area contributed by atoms with Crippen molar-refractivity contribution < 1.29 is 23.8 Å². The van der Waals surface area contributed by atoms with Gasteiger partial charge in [-0.15, -0.1) is 0 Å². The second-order valence-corrected chi connectivity index (χ2v) is 8.81. The van der Waals surface area contributed by atoms with Gasteiger partial charge in [-0.05, 0) is 36.4 Å². The minimum Gasteiger partial charge on any atom is -0.478 e. The molecule has 0 saturated carbocycles. The van der Waals surface area contributed by atoms with Crippen molar-refractivity contribution >= 4 is 17.0 Å². The SMILES string of the molecule is COCCn1c(Cc2ncc(-c3cccc(OCc4ccc(C#N)cc4F)n3)cn2)nc2ccc(C(=O)O)cc21. The van der Waals surface area contributed by atoms with Crippen LogP contribution in [0.4, 0.5) is 4.39 Å². The van der Waals surface area contributed by atoms with Gasteiger partial charge in [-0.2, -0.15) is 5.26 Å². The van der Waals surface area contributed by atoms with E-state index in [2.05, 4.69) is 19.9 Å². The summed E-state index contributed by atoms with van der Waals surface area (Å²) in [5.41, 5.74) is 3.36. The molecule has 0 unspecified atom stereocenters. The Morgan fingerprint density at radius 3 is 2.65 bits per heavy atom. The summed E-state index contributed by atoms with van der Waals surface area (Å²) in [6.07, 6.45) is 3.63. The predicted molar refractivity (Wildman–Crippen MR) is 142 cm³/mol. The number of carboxylic acid groups (broad SMARTS) is 1. The normalized spacial score (nSPS) is 10.9. The molecule has 3 aromatic heterocycles. The first-order valence-electron chi connectivity index (χ1n) is 12.3. The van der Waals surface area contributed by atoms with Gasteiger partial charge in [-0.3, -0.25) is 0 Å². The van der Waals surface area contributed by atoms with Crippen LogP contribution in [0.2, 0.25) is 0 Å². The molecule has 0 saturated heterocycles. The number of pyridine rings is 1. The van der Waals surface area contributed by atoms with Gasteiger partial charge in [-0.1, -0.05) is 12.1 Å². The Hall–Kier alpha value is -5.21. The molecule has 0 aliphatic rings. The number of nitriles is 1. The molecule has 0 aliphatic carbocycles. The highest BCUT2D eigenvalue weighted by Gasteiger charge is 2.15. The number of imidazole rings is 1. The molecule has 0 bridgehead atoms. The molecule has 0 aliphatic heterocycles. The number of fused-ring (bicyclic) bond motifs is 1. The largest absolute Gasteiger partial charge is 0.478 e. The molecular weight excluding hydrogens is 515 g/mol. The number of methoxy groups -OCH3 is 1. The highest BCUT2D eigenvalue weighted by molar-refractivity contribution is 5.92. The van der Waals surface area contributed by atoms with Crippen LogP contribution in [0.15, 0.2) is 67.0 Å². The minimum atomic E-state index is -1.01. The van der Waals surface area contributed by atoms with Gasteiger partial charge in [0.2, 0.25) is 5.88 Å². The van der Waals surface area contributed by atoms with Gasteiger partial charge in [0.1, 0.15) is 24.1 Å². The predicted octanol–water partition coefficient (Wildman–Crippen LogP) is 4.41. The van der Waals surface area contributed by atoms with Crippen LogP contribution in [0.5, 0.6) is 5.88 Å². The third-order valence-corrected chi connectivity index (χ3v) is 6.19. The van der Waals surface area contributed by atoms with Gasteiger partial charge >= 0.3 is 5.97 Å². The number of halogens is 1. The molecule has 40 heavy (non-hydrogen) atoms. The zero-order chi connectivity index (χ0) is 28.1. The number of carbonyl (C=O) groups is 1. The van der Waals surface area contributed by atoms with E-state index in [1.807, 2.05) is 10.6 Å². The van der Waals surface area contributed by atoms with Crippen LogP contribution < -0.4 is 4.74 Å². The molecule has 0 fully saturated rings. The van der Waals surface area contributed by atoms with E-state index in [1.54, 1.807) is 49.8 Å². The lowest BCUT2D eigenvalue weighted by atomic mass is 10.1. The van der Waals surface area contributed by atoms with Crippen molar-refractivity contribution in [3.8, 4) is 23.2 Å². The summed E-state index contributed by atoms with van der Waals surface area (Å²) in [5.74, 6) is -0.00710. The van der Waals surface area contributed by atoms with Crippen LogP contribution in [0, 0.1) is 17.1 Å². The molecule has 0 atom stereocenters. The second kappa shape index (κ2) is 11.7. The lowest BCUT2D eigenvalue weighted by Crippen LogP contribution is -2.10. The summed E-state index contributed by atoms with van der Waals surface area (Å²) in [5, 5.41) is 18.3. The van der Waals surface area contributed by atoms with Crippen LogP contribution in [-0.4, -0.2) is 49.3 Å². The summed E-state index contributed by atoms with van der Waals surface area (Å²) >= 11 is 0. The van der Waals surface area contributed by atoms with E-state index in [0.717, 1.165) is 0 Å². The molecule has 0 radical (unpaired) electrons. The quantitative estimate of drug-likeness (QED) is 0.274. The standard InChI is InChI=1S/C29H23FN6O4/c1-39-10-9-36-25-12-19(29(37)38)7-8-24(25)34-27(36)13-26-32-15-21(16-33-26)23-3-2-4-28(35-23)40-17-20-6-5-18(14-31)11-22(20)30/h2-8,11-12,15-16H,9-10,13,17H2,1H3,(H,37,38). The Balaban J connectivity index is 1.33. The first-order valence-corrected chi connectivity index (χ1v) is 12.3. The number of aromatic nitrogens is 5. The smallest absolute Gasteiger partial charge is 0.335 e. The number of ether oxygens (including phenoxy) is 2. The molecule has 200 valence electrons. The van der Waals surface area contributed by atoms with Gasteiger partial charge in [-0.25, -0.2) is 29.1 Å². The Bertz CT molecular complexity index is 1730. The second-order valence-electron chi connectivity index (χ2n) is 8.81. The first kappa shape index (κ1) is 26.4. The average Bonchev–Trinajstić information content (AvgIpc) is 3.31. The fourth-order valence-corrected chi connectivity index (χ4v) is 4.13. The highest BCUT2D eigenvalue weighted by Crippen LogP contribution is 2.22. The molecule has 5 aromatic rings. The summed E-state index contributed by atoms with van der Waals surface area (Å²) < 4.78 is 27.0. The van der Waals surface area contributed by atoms with E-state index in [-0.39, 0.29) is 17.7 Å². The van der Waals surface area contributed by atoms with E-state index < -0.39 is 11.8 Å². The van der Waals surface area contributed by atoms with Crippen LogP contribution in [0.1, 0.15) is 33.1 Å². The third-order valence-electron chi connectivity index (χ3n) is 6.19. The molecule has 2 aromatic carbocycles. The Morgan fingerprint density at radius 2 is 1.93 bits per heavy atom. The maximum Gasteiger partial charge on any atom is 0.335 e. The monoisotopic (exact) mass is 538 g/mol. The zero-order valence-electron chi connectivity index (χ0n) is 21.4. The maximum absolute atomic E-state index is 14.2. The molecule has 1 N–H and O–H groups in total. The summed E-state index contributed by atoms with van der Waals surface area (Å²) in [4.78, 5) is 29.6. The Labute approximate surface area is 228 Å². The van der Waals surface area contributed by atoms with E-state index in [1.165, 1.54) is 24.3 Å². The van der Waals surface area contributed by atoms with Crippen molar-refractivity contribution in [2.45, 2.75) is 19.6 Å². The third kappa shape index (κ3) is 5.77. The fraction of sp³-hybridized carbons (Fsp3) is 0.172. The van der Waals surface area contributed by atoms with Gasteiger partial charge < -0.3 is 19.1 Å². The van der Waals surface area contributed by atoms with E-state index >= 15 is 0 Å². The maximum atomic E-state index is 14.2. The molecule has 10 nitrogen and oxygen atoms in total. The van der Waals surface area contributed by atoms with Crippen molar-refractivity contribution in [3.05, 3.63) is 101 Å². The van der Waals surface area contributed by atoms with Crippen molar-refractivity contribution in [2.24, 2.45) is 0 Å². The van der Waals surface area contributed by atoms with E-state index in [9.17, 15) is 14.3 Å². The van der Waals surface area contributed by atoms with E-state index in [0.29, 0.717) is 65.0 Å². The van der Waals surface area contributed by atoms with Crippen LogP contribution >= 0.6 is 0 Å². The molecule has 3 heterocycles. The fourth-order valence-electron chi connectivity index (χ4n) is 4.13. The summed E-state index contributed by atoms with van der Waals surface area (Å²) in [6, 6.07) is 16.2. The average molecular weight is 539 g/mol. The lowest BCUT2D eigenvalue weighted by molar-refractivity contribution is 0.0697. The molecule has 0 spiro atoms. The number of carboxylic acids is 1. The molecule has 5 rings (SSSR count). The van der Waals surface area contributed by atoms with Crippen molar-refractivity contribution in [1.29, 1.82) is 5.26 Å². The number of rotatable bonds is 10. The number of hydrogen-bond donors (Lipinski definition) is 1. The Morgan fingerprint density at radius 1 is 1.10 bits per heavy atom. The number of nitrogens with zero attached hydrogens (tertiary/aromatic N) is 6. The van der Waals surface area contributed by atoms with Crippen LogP contribution in [-0.2, 0) is 24.3 Å². The van der Waals surface area contributed by atoms with Crippen LogP contribution in [0.3, 0.4) is 0 Å². The minimum absolute atomic E-state index is 0.0402. The first-order chi connectivity index (χ1) is 19.4. The lowest BCUT2D eigenvalue weighted by Gasteiger charge is -2.09. The van der Waals surface area contributed by atoms with Crippen LogP contribution in [0.25, 0.3) is 22.3 Å². The van der Waals surface area contributed by atoms with Gasteiger partial charge in [0.05, 0.1) is 47.0 Å². The molecule has 0 amide bonds. The Kier molecular flexibility index (Phi) is 7.70. The van der Waals surface area contributed by atoms with Crippen molar-refractivity contribution in [1.82, 2.24) is 24.5 Å². The molecular formula is C29H23FN6O4. The van der Waals surface area contributed by atoms with Gasteiger partial charge in [0, 0.05) is 43.2 Å². The van der Waals surface area contributed by atoms with Gasteiger partial charge in [0.25, 0.3) is 0 Å². The number of benzene rings is 2. The summed E-state index contributed by atoms with van der Waals surface area (Å²) in [7, 11) is 1.60.